The first-order valence-electron chi connectivity index (χ1n) is 8.83. The number of carbonyl (C=O) groups is 1. The number of nitrogens with one attached hydrogen (secondary N) is 1. The fourth-order valence-corrected chi connectivity index (χ4v) is 2.43. The molecule has 0 saturated heterocycles. The standard InChI is InChI=1S/C20H26N2O4/c1-3-4-7-12-26-19-13-15(9-10-18(19)25-2)20(24)22-14-17(23)16-8-5-6-11-21-16/h5-6,8-11,13,17,23H,3-4,7,12,14H2,1-2H3,(H,22,24). The molecule has 26 heavy (non-hydrogen) atoms. The zero-order valence-corrected chi connectivity index (χ0v) is 15.3. The van der Waals surface area contributed by atoms with E-state index in [4.69, 9.17) is 9.47 Å². The molecule has 0 aliphatic rings. The van der Waals surface area contributed by atoms with Gasteiger partial charge in [-0.1, -0.05) is 25.8 Å². The van der Waals surface area contributed by atoms with Gasteiger partial charge in [0.25, 0.3) is 5.91 Å². The molecule has 0 fully saturated rings. The number of hydrogen-bond donors (Lipinski definition) is 2. The highest BCUT2D eigenvalue weighted by Gasteiger charge is 2.14. The molecule has 2 aromatic rings. The third kappa shape index (κ3) is 5.74. The second kappa shape index (κ2) is 10.4. The van der Waals surface area contributed by atoms with Gasteiger partial charge < -0.3 is 19.9 Å². The zero-order valence-electron chi connectivity index (χ0n) is 15.3. The maximum absolute atomic E-state index is 12.4. The van der Waals surface area contributed by atoms with Crippen LogP contribution < -0.4 is 14.8 Å². The average Bonchev–Trinajstić information content (AvgIpc) is 2.69. The molecule has 6 nitrogen and oxygen atoms in total. The van der Waals surface area contributed by atoms with E-state index in [1.165, 1.54) is 0 Å². The summed E-state index contributed by atoms with van der Waals surface area (Å²) in [5.41, 5.74) is 0.965. The zero-order chi connectivity index (χ0) is 18.8. The number of hydrogen-bond acceptors (Lipinski definition) is 5. The molecule has 0 aliphatic heterocycles. The van der Waals surface area contributed by atoms with E-state index < -0.39 is 6.10 Å². The number of unbranched alkanes of at least 4 members (excludes halogenated alkanes) is 2. The number of aliphatic hydroxyl groups is 1. The van der Waals surface area contributed by atoms with Crippen molar-refractivity contribution in [1.29, 1.82) is 0 Å². The molecule has 1 atom stereocenters. The van der Waals surface area contributed by atoms with E-state index in [2.05, 4.69) is 17.2 Å². The summed E-state index contributed by atoms with van der Waals surface area (Å²) in [6, 6.07) is 10.3. The van der Waals surface area contributed by atoms with E-state index in [1.807, 2.05) is 0 Å². The number of ether oxygens (including phenoxy) is 2. The van der Waals surface area contributed by atoms with Gasteiger partial charge in [-0.05, 0) is 36.8 Å². The summed E-state index contributed by atoms with van der Waals surface area (Å²) in [6.07, 6.45) is 3.90. The molecule has 1 amide bonds. The average molecular weight is 358 g/mol. The molecule has 1 aromatic heterocycles. The Bertz CT molecular complexity index is 691. The van der Waals surface area contributed by atoms with Crippen molar-refractivity contribution in [2.75, 3.05) is 20.3 Å². The van der Waals surface area contributed by atoms with Crippen LogP contribution in [0.15, 0.2) is 42.6 Å². The minimum absolute atomic E-state index is 0.0779. The fourth-order valence-electron chi connectivity index (χ4n) is 2.43. The van der Waals surface area contributed by atoms with Crippen LogP contribution in [0.1, 0.15) is 48.3 Å². The lowest BCUT2D eigenvalue weighted by molar-refractivity contribution is 0.0913. The van der Waals surface area contributed by atoms with Crippen molar-refractivity contribution in [2.45, 2.75) is 32.3 Å². The maximum Gasteiger partial charge on any atom is 0.251 e. The molecule has 2 N–H and O–H groups in total. The highest BCUT2D eigenvalue weighted by Crippen LogP contribution is 2.28. The summed E-state index contributed by atoms with van der Waals surface area (Å²) in [7, 11) is 1.57. The largest absolute Gasteiger partial charge is 0.493 e. The van der Waals surface area contributed by atoms with E-state index in [0.29, 0.717) is 29.4 Å². The van der Waals surface area contributed by atoms with Crippen LogP contribution in [0, 0.1) is 0 Å². The lowest BCUT2D eigenvalue weighted by atomic mass is 10.1. The highest BCUT2D eigenvalue weighted by molar-refractivity contribution is 5.94. The molecule has 0 radical (unpaired) electrons. The van der Waals surface area contributed by atoms with Crippen LogP contribution in [0.2, 0.25) is 0 Å². The topological polar surface area (TPSA) is 80.7 Å². The Morgan fingerprint density at radius 3 is 2.77 bits per heavy atom. The Hall–Kier alpha value is -2.60. The maximum atomic E-state index is 12.4. The van der Waals surface area contributed by atoms with Crippen LogP contribution in [0.3, 0.4) is 0 Å². The monoisotopic (exact) mass is 358 g/mol. The predicted octanol–water partition coefficient (Wildman–Crippen LogP) is 3.12. The van der Waals surface area contributed by atoms with Crippen LogP contribution in [-0.4, -0.2) is 36.3 Å². The summed E-state index contributed by atoms with van der Waals surface area (Å²) in [4.78, 5) is 16.4. The molecular formula is C20H26N2O4. The lowest BCUT2D eigenvalue weighted by Gasteiger charge is -2.14. The van der Waals surface area contributed by atoms with Gasteiger partial charge in [0.15, 0.2) is 11.5 Å². The van der Waals surface area contributed by atoms with Crippen molar-refractivity contribution in [3.05, 3.63) is 53.9 Å². The molecule has 140 valence electrons. The number of benzene rings is 1. The smallest absolute Gasteiger partial charge is 0.251 e. The van der Waals surface area contributed by atoms with Gasteiger partial charge >= 0.3 is 0 Å². The van der Waals surface area contributed by atoms with Crippen molar-refractivity contribution in [2.24, 2.45) is 0 Å². The number of aromatic nitrogens is 1. The summed E-state index contributed by atoms with van der Waals surface area (Å²) < 4.78 is 11.0. The number of methoxy groups -OCH3 is 1. The van der Waals surface area contributed by atoms with Crippen LogP contribution in [0.25, 0.3) is 0 Å². The molecule has 0 spiro atoms. The number of nitrogens with zero attached hydrogens (tertiary/aromatic N) is 1. The Labute approximate surface area is 154 Å². The van der Waals surface area contributed by atoms with Crippen molar-refractivity contribution in [3.63, 3.8) is 0 Å². The van der Waals surface area contributed by atoms with Crippen LogP contribution in [0.5, 0.6) is 11.5 Å². The van der Waals surface area contributed by atoms with Gasteiger partial charge in [-0.3, -0.25) is 9.78 Å². The highest BCUT2D eigenvalue weighted by atomic mass is 16.5. The summed E-state index contributed by atoms with van der Waals surface area (Å²) in [5.74, 6) is 0.842. The summed E-state index contributed by atoms with van der Waals surface area (Å²) in [6.45, 7) is 2.78. The Kier molecular flexibility index (Phi) is 7.89. The quantitative estimate of drug-likeness (QED) is 0.638. The molecule has 1 aromatic carbocycles. The third-order valence-corrected chi connectivity index (χ3v) is 3.92. The summed E-state index contributed by atoms with van der Waals surface area (Å²) in [5, 5.41) is 12.8. The molecular weight excluding hydrogens is 332 g/mol. The molecule has 0 bridgehead atoms. The first-order chi connectivity index (χ1) is 12.7. The SMILES string of the molecule is CCCCCOc1cc(C(=O)NCC(O)c2ccccn2)ccc1OC. The Morgan fingerprint density at radius 1 is 1.23 bits per heavy atom. The summed E-state index contributed by atoms with van der Waals surface area (Å²) >= 11 is 0. The second-order valence-corrected chi connectivity index (χ2v) is 5.90. The van der Waals surface area contributed by atoms with E-state index in [1.54, 1.807) is 49.7 Å². The fraction of sp³-hybridized carbons (Fsp3) is 0.400. The van der Waals surface area contributed by atoms with Gasteiger partial charge in [-0.2, -0.15) is 0 Å². The first-order valence-corrected chi connectivity index (χ1v) is 8.83. The van der Waals surface area contributed by atoms with Gasteiger partial charge in [0.1, 0.15) is 6.10 Å². The number of rotatable bonds is 10. The molecule has 2 rings (SSSR count). The molecule has 0 aliphatic carbocycles. The normalized spacial score (nSPS) is 11.7. The Morgan fingerprint density at radius 2 is 2.08 bits per heavy atom. The number of pyridine rings is 1. The van der Waals surface area contributed by atoms with Gasteiger partial charge in [0.2, 0.25) is 0 Å². The van der Waals surface area contributed by atoms with Gasteiger partial charge in [-0.15, -0.1) is 0 Å². The van der Waals surface area contributed by atoms with Crippen LogP contribution in [0.4, 0.5) is 0 Å². The van der Waals surface area contributed by atoms with Crippen LogP contribution in [-0.2, 0) is 0 Å². The Balaban J connectivity index is 1.97. The number of carbonyl (C=O) groups excluding carboxylic acids is 1. The molecule has 0 saturated carbocycles. The van der Waals surface area contributed by atoms with Gasteiger partial charge in [0.05, 0.1) is 19.4 Å². The molecule has 1 unspecified atom stereocenters. The molecule has 6 heteroatoms. The second-order valence-electron chi connectivity index (χ2n) is 5.90. The predicted molar refractivity (Wildman–Crippen MR) is 99.5 cm³/mol. The number of amides is 1. The minimum Gasteiger partial charge on any atom is -0.493 e. The first kappa shape index (κ1) is 19.7. The van der Waals surface area contributed by atoms with E-state index in [0.717, 1.165) is 19.3 Å². The van der Waals surface area contributed by atoms with E-state index in [-0.39, 0.29) is 12.5 Å². The van der Waals surface area contributed by atoms with E-state index in [9.17, 15) is 9.90 Å². The van der Waals surface area contributed by atoms with Crippen molar-refractivity contribution in [3.8, 4) is 11.5 Å². The lowest BCUT2D eigenvalue weighted by Crippen LogP contribution is -2.28. The van der Waals surface area contributed by atoms with E-state index >= 15 is 0 Å². The number of aliphatic hydroxyl groups excluding tert-OH is 1. The van der Waals surface area contributed by atoms with Crippen molar-refractivity contribution >= 4 is 5.91 Å². The van der Waals surface area contributed by atoms with Crippen molar-refractivity contribution in [1.82, 2.24) is 10.3 Å². The minimum atomic E-state index is -0.858. The van der Waals surface area contributed by atoms with Crippen LogP contribution >= 0.6 is 0 Å². The van der Waals surface area contributed by atoms with Gasteiger partial charge in [-0.25, -0.2) is 0 Å². The van der Waals surface area contributed by atoms with Crippen molar-refractivity contribution < 1.29 is 19.4 Å². The van der Waals surface area contributed by atoms with Gasteiger partial charge in [0, 0.05) is 18.3 Å². The third-order valence-electron chi connectivity index (χ3n) is 3.92. The molecule has 1 heterocycles.